The molecule has 0 bridgehead atoms. The lowest BCUT2D eigenvalue weighted by atomic mass is 9.83. The van der Waals surface area contributed by atoms with Crippen LogP contribution in [0.2, 0.25) is 0 Å². The molecule has 84 valence electrons. The van der Waals surface area contributed by atoms with Gasteiger partial charge in [0.15, 0.2) is 0 Å². The van der Waals surface area contributed by atoms with E-state index in [2.05, 4.69) is 32.9 Å². The molecular weight excluding hydrogens is 184 g/mol. The average Bonchev–Trinajstić information content (AvgIpc) is 2.17. The van der Waals surface area contributed by atoms with E-state index in [1.807, 2.05) is 26.0 Å². The molecule has 0 aliphatic carbocycles. The van der Waals surface area contributed by atoms with Crippen LogP contribution in [0.25, 0.3) is 0 Å². The SMILES string of the molecule is CC[C@@](C)(O)c1cccc(C(C)(C)C)c1. The van der Waals surface area contributed by atoms with Gasteiger partial charge in [-0.05, 0) is 29.9 Å². The molecule has 0 heterocycles. The van der Waals surface area contributed by atoms with Crippen molar-refractivity contribution in [3.8, 4) is 0 Å². The van der Waals surface area contributed by atoms with E-state index in [4.69, 9.17) is 0 Å². The van der Waals surface area contributed by atoms with Crippen LogP contribution in [-0.2, 0) is 11.0 Å². The second kappa shape index (κ2) is 3.97. The van der Waals surface area contributed by atoms with E-state index in [-0.39, 0.29) is 5.41 Å². The first-order valence-corrected chi connectivity index (χ1v) is 5.61. The zero-order valence-corrected chi connectivity index (χ0v) is 10.5. The molecule has 1 aromatic rings. The molecule has 1 rings (SSSR count). The minimum atomic E-state index is -0.707. The van der Waals surface area contributed by atoms with Crippen LogP contribution < -0.4 is 0 Å². The van der Waals surface area contributed by atoms with Gasteiger partial charge in [-0.25, -0.2) is 0 Å². The van der Waals surface area contributed by atoms with Crippen molar-refractivity contribution in [2.75, 3.05) is 0 Å². The molecule has 0 saturated heterocycles. The van der Waals surface area contributed by atoms with Crippen LogP contribution in [-0.4, -0.2) is 5.11 Å². The van der Waals surface area contributed by atoms with Gasteiger partial charge in [0.2, 0.25) is 0 Å². The predicted octanol–water partition coefficient (Wildman–Crippen LogP) is 3.60. The molecule has 0 unspecified atom stereocenters. The summed E-state index contributed by atoms with van der Waals surface area (Å²) < 4.78 is 0. The van der Waals surface area contributed by atoms with E-state index in [1.165, 1.54) is 5.56 Å². The number of aliphatic hydroxyl groups is 1. The normalized spacial score (nSPS) is 16.1. The zero-order valence-electron chi connectivity index (χ0n) is 10.5. The predicted molar refractivity (Wildman–Crippen MR) is 65.0 cm³/mol. The molecule has 0 fully saturated rings. The van der Waals surface area contributed by atoms with Crippen molar-refractivity contribution in [3.63, 3.8) is 0 Å². The number of benzene rings is 1. The molecule has 0 radical (unpaired) electrons. The van der Waals surface area contributed by atoms with Gasteiger partial charge in [-0.15, -0.1) is 0 Å². The standard InChI is InChI=1S/C14H22O/c1-6-14(5,15)12-9-7-8-11(10-12)13(2,3)4/h7-10,15H,6H2,1-5H3/t14-/m1/s1. The third-order valence-corrected chi connectivity index (χ3v) is 3.04. The van der Waals surface area contributed by atoms with Crippen LogP contribution in [0.5, 0.6) is 0 Å². The molecule has 0 aliphatic heterocycles. The van der Waals surface area contributed by atoms with Crippen molar-refractivity contribution in [2.45, 2.75) is 52.1 Å². The summed E-state index contributed by atoms with van der Waals surface area (Å²) in [6.07, 6.45) is 0.737. The van der Waals surface area contributed by atoms with Gasteiger partial charge in [0.1, 0.15) is 0 Å². The molecule has 1 aromatic carbocycles. The van der Waals surface area contributed by atoms with E-state index in [0.29, 0.717) is 0 Å². The Morgan fingerprint density at radius 3 is 2.07 bits per heavy atom. The lowest BCUT2D eigenvalue weighted by Crippen LogP contribution is -2.21. The largest absolute Gasteiger partial charge is 0.385 e. The Kier molecular flexibility index (Phi) is 3.25. The van der Waals surface area contributed by atoms with E-state index >= 15 is 0 Å². The summed E-state index contributed by atoms with van der Waals surface area (Å²) in [6.45, 7) is 10.4. The fraction of sp³-hybridized carbons (Fsp3) is 0.571. The molecule has 1 nitrogen and oxygen atoms in total. The number of hydrogen-bond acceptors (Lipinski definition) is 1. The van der Waals surface area contributed by atoms with Crippen molar-refractivity contribution in [1.82, 2.24) is 0 Å². The molecule has 15 heavy (non-hydrogen) atoms. The Labute approximate surface area is 93.1 Å². The number of rotatable bonds is 2. The van der Waals surface area contributed by atoms with Gasteiger partial charge in [-0.2, -0.15) is 0 Å². The molecule has 0 aromatic heterocycles. The van der Waals surface area contributed by atoms with Gasteiger partial charge >= 0.3 is 0 Å². The van der Waals surface area contributed by atoms with Crippen molar-refractivity contribution >= 4 is 0 Å². The summed E-state index contributed by atoms with van der Waals surface area (Å²) in [5.41, 5.74) is 1.72. The van der Waals surface area contributed by atoms with Crippen LogP contribution in [0.3, 0.4) is 0 Å². The topological polar surface area (TPSA) is 20.2 Å². The molecule has 0 amide bonds. The third kappa shape index (κ3) is 2.82. The van der Waals surface area contributed by atoms with E-state index < -0.39 is 5.60 Å². The Hall–Kier alpha value is -0.820. The molecular formula is C14H22O. The van der Waals surface area contributed by atoms with Crippen LogP contribution in [0.1, 0.15) is 52.2 Å². The summed E-state index contributed by atoms with van der Waals surface area (Å²) in [5.74, 6) is 0. The Balaban J connectivity index is 3.14. The van der Waals surface area contributed by atoms with Gasteiger partial charge in [0.25, 0.3) is 0 Å². The average molecular weight is 206 g/mol. The molecule has 1 N–H and O–H groups in total. The Morgan fingerprint density at radius 2 is 1.60 bits per heavy atom. The molecule has 1 heteroatoms. The summed E-state index contributed by atoms with van der Waals surface area (Å²) >= 11 is 0. The maximum Gasteiger partial charge on any atom is 0.0866 e. The van der Waals surface area contributed by atoms with E-state index in [1.54, 1.807) is 0 Å². The first kappa shape index (κ1) is 12.3. The van der Waals surface area contributed by atoms with Crippen LogP contribution in [0.15, 0.2) is 24.3 Å². The lowest BCUT2D eigenvalue weighted by Gasteiger charge is -2.25. The minimum Gasteiger partial charge on any atom is -0.385 e. The molecule has 0 aliphatic rings. The Morgan fingerprint density at radius 1 is 1.07 bits per heavy atom. The zero-order chi connectivity index (χ0) is 11.7. The van der Waals surface area contributed by atoms with Gasteiger partial charge in [0, 0.05) is 0 Å². The quantitative estimate of drug-likeness (QED) is 0.784. The summed E-state index contributed by atoms with van der Waals surface area (Å²) in [7, 11) is 0. The highest BCUT2D eigenvalue weighted by Crippen LogP contribution is 2.29. The lowest BCUT2D eigenvalue weighted by molar-refractivity contribution is 0.0529. The first-order chi connectivity index (χ1) is 6.77. The molecule has 0 saturated carbocycles. The fourth-order valence-corrected chi connectivity index (χ4v) is 1.52. The minimum absolute atomic E-state index is 0.139. The van der Waals surface area contributed by atoms with Gasteiger partial charge in [0.05, 0.1) is 5.60 Å². The highest BCUT2D eigenvalue weighted by Gasteiger charge is 2.22. The van der Waals surface area contributed by atoms with Crippen LogP contribution in [0.4, 0.5) is 0 Å². The highest BCUT2D eigenvalue weighted by molar-refractivity contribution is 5.31. The van der Waals surface area contributed by atoms with Crippen molar-refractivity contribution < 1.29 is 5.11 Å². The van der Waals surface area contributed by atoms with Gasteiger partial charge in [-0.3, -0.25) is 0 Å². The van der Waals surface area contributed by atoms with Crippen molar-refractivity contribution in [1.29, 1.82) is 0 Å². The van der Waals surface area contributed by atoms with Crippen molar-refractivity contribution in [3.05, 3.63) is 35.4 Å². The van der Waals surface area contributed by atoms with Gasteiger partial charge in [-0.1, -0.05) is 52.0 Å². The second-order valence-electron chi connectivity index (χ2n) is 5.46. The summed E-state index contributed by atoms with van der Waals surface area (Å²) in [4.78, 5) is 0. The summed E-state index contributed by atoms with van der Waals surface area (Å²) in [5, 5.41) is 10.2. The third-order valence-electron chi connectivity index (χ3n) is 3.04. The van der Waals surface area contributed by atoms with Crippen LogP contribution >= 0.6 is 0 Å². The molecule has 1 atom stereocenters. The molecule has 0 spiro atoms. The van der Waals surface area contributed by atoms with E-state index in [0.717, 1.165) is 12.0 Å². The fourth-order valence-electron chi connectivity index (χ4n) is 1.52. The van der Waals surface area contributed by atoms with E-state index in [9.17, 15) is 5.11 Å². The smallest absolute Gasteiger partial charge is 0.0866 e. The highest BCUT2D eigenvalue weighted by atomic mass is 16.3. The first-order valence-electron chi connectivity index (χ1n) is 5.61. The van der Waals surface area contributed by atoms with Crippen molar-refractivity contribution in [2.24, 2.45) is 0 Å². The van der Waals surface area contributed by atoms with Gasteiger partial charge < -0.3 is 5.11 Å². The maximum absolute atomic E-state index is 10.2. The number of hydrogen-bond donors (Lipinski definition) is 1. The Bertz CT molecular complexity index is 331. The monoisotopic (exact) mass is 206 g/mol. The summed E-state index contributed by atoms with van der Waals surface area (Å²) in [6, 6.07) is 8.26. The maximum atomic E-state index is 10.2. The van der Waals surface area contributed by atoms with Crippen LogP contribution in [0, 0.1) is 0 Å². The second-order valence-corrected chi connectivity index (χ2v) is 5.46.